The van der Waals surface area contributed by atoms with Crippen molar-refractivity contribution in [2.75, 3.05) is 47.5 Å². The minimum atomic E-state index is -1.61. The molecule has 0 fully saturated rings. The molecule has 0 rings (SSSR count). The van der Waals surface area contributed by atoms with E-state index in [2.05, 4.69) is 13.8 Å². The van der Waals surface area contributed by atoms with Crippen molar-refractivity contribution in [3.8, 4) is 0 Å². The number of hydrogen-bond acceptors (Lipinski definition) is 8. The molecule has 0 saturated heterocycles. The van der Waals surface area contributed by atoms with Crippen LogP contribution in [0.15, 0.2) is 0 Å². The Morgan fingerprint density at radius 1 is 0.441 bits per heavy atom. The summed E-state index contributed by atoms with van der Waals surface area (Å²) in [5.74, 6) is -2.26. The molecule has 2 atom stereocenters. The highest BCUT2D eigenvalue weighted by Gasteiger charge is 2.22. The van der Waals surface area contributed by atoms with E-state index in [1.807, 2.05) is 21.1 Å². The zero-order chi connectivity index (χ0) is 43.5. The maximum absolute atomic E-state index is 12.8. The van der Waals surface area contributed by atoms with E-state index >= 15 is 0 Å². The average molecular weight is 840 g/mol. The second-order valence-corrected chi connectivity index (χ2v) is 18.5. The minimum Gasteiger partial charge on any atom is -0.545 e. The van der Waals surface area contributed by atoms with Gasteiger partial charge in [0.1, 0.15) is 13.2 Å². The zero-order valence-corrected chi connectivity index (χ0v) is 39.7. The van der Waals surface area contributed by atoms with Crippen LogP contribution >= 0.6 is 0 Å². The van der Waals surface area contributed by atoms with Crippen LogP contribution in [-0.4, -0.2) is 82.3 Å². The predicted octanol–water partition coefficient (Wildman–Crippen LogP) is 12.3. The van der Waals surface area contributed by atoms with Crippen LogP contribution in [0.2, 0.25) is 0 Å². The number of hydrogen-bond donors (Lipinski definition) is 0. The number of aliphatic carboxylic acids is 1. The summed E-state index contributed by atoms with van der Waals surface area (Å²) in [6.45, 7) is 4.77. The first-order valence-electron chi connectivity index (χ1n) is 25.2. The van der Waals surface area contributed by atoms with E-state index < -0.39 is 24.3 Å². The van der Waals surface area contributed by atoms with Crippen LogP contribution in [0, 0.1) is 0 Å². The summed E-state index contributed by atoms with van der Waals surface area (Å²) in [7, 11) is 5.92. The molecule has 2 unspecified atom stereocenters. The fraction of sp³-hybridized carbons (Fsp3) is 0.940. The van der Waals surface area contributed by atoms with E-state index in [4.69, 9.17) is 18.9 Å². The van der Waals surface area contributed by atoms with Crippen molar-refractivity contribution in [3.05, 3.63) is 0 Å². The van der Waals surface area contributed by atoms with Crippen LogP contribution < -0.4 is 5.11 Å². The van der Waals surface area contributed by atoms with Crippen LogP contribution in [0.3, 0.4) is 0 Å². The van der Waals surface area contributed by atoms with E-state index in [9.17, 15) is 19.5 Å². The molecule has 0 aromatic heterocycles. The summed E-state index contributed by atoms with van der Waals surface area (Å²) in [6.07, 6.45) is 41.5. The van der Waals surface area contributed by atoms with Crippen molar-refractivity contribution in [2.24, 2.45) is 0 Å². The van der Waals surface area contributed by atoms with E-state index in [-0.39, 0.29) is 32.2 Å². The van der Waals surface area contributed by atoms with Crippen LogP contribution in [0.5, 0.6) is 0 Å². The summed E-state index contributed by atoms with van der Waals surface area (Å²) in [5, 5.41) is 11.7. The second-order valence-electron chi connectivity index (χ2n) is 18.5. The SMILES string of the molecule is CCCCCCCCCCCCCCCCCCCCCCCCCCC(=O)OC(COC(=O)CCCCCCCCCCCC)COC(OCC[N+](C)(C)C)C(=O)[O-]. The van der Waals surface area contributed by atoms with Gasteiger partial charge in [-0.3, -0.25) is 9.59 Å². The summed E-state index contributed by atoms with van der Waals surface area (Å²) < 4.78 is 22.6. The monoisotopic (exact) mass is 840 g/mol. The zero-order valence-electron chi connectivity index (χ0n) is 39.7. The van der Waals surface area contributed by atoms with E-state index in [1.54, 1.807) is 0 Å². The number of carboxylic acid groups (broad SMARTS) is 1. The van der Waals surface area contributed by atoms with Gasteiger partial charge in [0, 0.05) is 12.8 Å². The van der Waals surface area contributed by atoms with Crippen LogP contribution in [0.25, 0.3) is 0 Å². The maximum atomic E-state index is 12.8. The van der Waals surface area contributed by atoms with E-state index in [0.29, 0.717) is 17.4 Å². The molecule has 350 valence electrons. The number of quaternary nitrogens is 1. The molecular weight excluding hydrogens is 743 g/mol. The lowest BCUT2D eigenvalue weighted by molar-refractivity contribution is -0.870. The van der Waals surface area contributed by atoms with Gasteiger partial charge in [-0.25, -0.2) is 0 Å². The number of carbonyl (C=O) groups is 3. The lowest BCUT2D eigenvalue weighted by Crippen LogP contribution is -2.44. The Labute approximate surface area is 364 Å². The summed E-state index contributed by atoms with van der Waals surface area (Å²) in [5.41, 5.74) is 0. The van der Waals surface area contributed by atoms with E-state index in [0.717, 1.165) is 38.5 Å². The number of nitrogens with zero attached hydrogens (tertiary/aromatic N) is 1. The number of carboxylic acids is 1. The van der Waals surface area contributed by atoms with Gasteiger partial charge in [0.25, 0.3) is 0 Å². The molecule has 0 spiro atoms. The lowest BCUT2D eigenvalue weighted by atomic mass is 10.0. The normalized spacial score (nSPS) is 12.8. The molecule has 0 N–H and O–H groups in total. The van der Waals surface area contributed by atoms with Gasteiger partial charge in [0.15, 0.2) is 12.4 Å². The molecule has 0 radical (unpaired) electrons. The first-order chi connectivity index (χ1) is 28.6. The molecule has 0 aromatic rings. The number of unbranched alkanes of at least 4 members (excludes halogenated alkanes) is 32. The van der Waals surface area contributed by atoms with Gasteiger partial charge in [-0.05, 0) is 12.8 Å². The molecule has 0 saturated carbocycles. The topological polar surface area (TPSA) is 111 Å². The smallest absolute Gasteiger partial charge is 0.306 e. The molecule has 9 nitrogen and oxygen atoms in total. The third kappa shape index (κ3) is 44.2. The number of rotatable bonds is 47. The number of likely N-dealkylation sites (N-methyl/N-ethyl adjacent to an activating group) is 1. The first-order valence-corrected chi connectivity index (χ1v) is 25.2. The molecule has 0 aromatic carbocycles. The van der Waals surface area contributed by atoms with Gasteiger partial charge in [-0.15, -0.1) is 0 Å². The van der Waals surface area contributed by atoms with Crippen molar-refractivity contribution in [3.63, 3.8) is 0 Å². The van der Waals surface area contributed by atoms with Crippen molar-refractivity contribution < 1.29 is 42.9 Å². The molecule has 0 aliphatic carbocycles. The maximum Gasteiger partial charge on any atom is 0.306 e. The number of carbonyl (C=O) groups excluding carboxylic acids is 3. The Hall–Kier alpha value is -1.71. The van der Waals surface area contributed by atoms with Gasteiger partial charge < -0.3 is 33.3 Å². The van der Waals surface area contributed by atoms with Gasteiger partial charge >= 0.3 is 11.9 Å². The molecule has 0 aliphatic rings. The van der Waals surface area contributed by atoms with Crippen molar-refractivity contribution >= 4 is 17.9 Å². The molecule has 0 heterocycles. The predicted molar refractivity (Wildman–Crippen MR) is 242 cm³/mol. The highest BCUT2D eigenvalue weighted by Crippen LogP contribution is 2.17. The van der Waals surface area contributed by atoms with E-state index in [1.165, 1.54) is 180 Å². The standard InChI is InChI=1S/C50H97NO8/c1-6-8-10-12-14-16-18-19-20-21-22-23-24-25-26-27-28-29-30-31-33-35-37-39-41-48(53)59-46(45-58-50(49(54)55)56-43-42-51(3,4)5)44-57-47(52)40-38-36-34-32-17-15-13-11-9-7-2/h46,50H,6-45H2,1-5H3. The summed E-state index contributed by atoms with van der Waals surface area (Å²) in [6, 6.07) is 0. The summed E-state index contributed by atoms with van der Waals surface area (Å²) >= 11 is 0. The molecule has 0 bridgehead atoms. The summed E-state index contributed by atoms with van der Waals surface area (Å²) in [4.78, 5) is 37.0. The number of ether oxygens (including phenoxy) is 4. The third-order valence-electron chi connectivity index (χ3n) is 11.4. The van der Waals surface area contributed by atoms with Crippen molar-refractivity contribution in [1.82, 2.24) is 0 Å². The van der Waals surface area contributed by atoms with Crippen molar-refractivity contribution in [1.29, 1.82) is 0 Å². The Balaban J connectivity index is 4.17. The lowest BCUT2D eigenvalue weighted by Gasteiger charge is -2.26. The Kier molecular flexibility index (Phi) is 41.7. The average Bonchev–Trinajstić information content (AvgIpc) is 3.19. The van der Waals surface area contributed by atoms with Crippen molar-refractivity contribution in [2.45, 2.75) is 257 Å². The van der Waals surface area contributed by atoms with Gasteiger partial charge in [0.2, 0.25) is 0 Å². The highest BCUT2D eigenvalue weighted by atomic mass is 16.7. The quantitative estimate of drug-likeness (QED) is 0.0258. The van der Waals surface area contributed by atoms with Gasteiger partial charge in [-0.1, -0.05) is 219 Å². The highest BCUT2D eigenvalue weighted by molar-refractivity contribution is 5.70. The number of esters is 2. The Bertz CT molecular complexity index is 938. The Morgan fingerprint density at radius 2 is 0.763 bits per heavy atom. The van der Waals surface area contributed by atoms with Gasteiger partial charge in [0.05, 0.1) is 40.3 Å². The largest absolute Gasteiger partial charge is 0.545 e. The van der Waals surface area contributed by atoms with Gasteiger partial charge in [-0.2, -0.15) is 0 Å². The minimum absolute atomic E-state index is 0.153. The fourth-order valence-corrected chi connectivity index (χ4v) is 7.42. The fourth-order valence-electron chi connectivity index (χ4n) is 7.42. The van der Waals surface area contributed by atoms with Crippen LogP contribution in [-0.2, 0) is 33.3 Å². The molecule has 9 heteroatoms. The first kappa shape index (κ1) is 57.3. The Morgan fingerprint density at radius 3 is 1.08 bits per heavy atom. The molecule has 59 heavy (non-hydrogen) atoms. The molecular formula is C50H97NO8. The second kappa shape index (κ2) is 43.0. The van der Waals surface area contributed by atoms with Crippen LogP contribution in [0.1, 0.15) is 245 Å². The van der Waals surface area contributed by atoms with Crippen LogP contribution in [0.4, 0.5) is 0 Å². The third-order valence-corrected chi connectivity index (χ3v) is 11.4. The molecule has 0 amide bonds. The molecule has 0 aliphatic heterocycles.